The van der Waals surface area contributed by atoms with Crippen LogP contribution in [0.25, 0.3) is 0 Å². The van der Waals surface area contributed by atoms with E-state index in [1.54, 1.807) is 9.80 Å². The quantitative estimate of drug-likeness (QED) is 0.199. The molecule has 15 heteroatoms. The first-order valence-electron chi connectivity index (χ1n) is 19.5. The second kappa shape index (κ2) is 20.1. The van der Waals surface area contributed by atoms with Crippen LogP contribution in [0.3, 0.4) is 0 Å². The number of ether oxygens (including phenoxy) is 2. The van der Waals surface area contributed by atoms with Gasteiger partial charge in [-0.25, -0.2) is 9.59 Å². The summed E-state index contributed by atoms with van der Waals surface area (Å²) >= 11 is 0. The van der Waals surface area contributed by atoms with Gasteiger partial charge in [-0.1, -0.05) is 52.0 Å². The summed E-state index contributed by atoms with van der Waals surface area (Å²) in [7, 11) is 2.49. The Morgan fingerprint density at radius 3 is 1.29 bits per heavy atom. The number of nitrogens with zero attached hydrogens (tertiary/aromatic N) is 3. The van der Waals surface area contributed by atoms with Crippen molar-refractivity contribution in [3.8, 4) is 0 Å². The molecule has 2 aliphatic heterocycles. The molecule has 4 atom stereocenters. The van der Waals surface area contributed by atoms with Crippen molar-refractivity contribution >= 4 is 47.2 Å². The van der Waals surface area contributed by atoms with Gasteiger partial charge in [0.15, 0.2) is 0 Å². The topological polar surface area (TPSA) is 179 Å². The molecule has 2 aromatic carbocycles. The summed E-state index contributed by atoms with van der Waals surface area (Å²) in [4.78, 5) is 82.6. The third-order valence-corrected chi connectivity index (χ3v) is 10.4. The van der Waals surface area contributed by atoms with Crippen LogP contribution in [0.2, 0.25) is 0 Å². The molecule has 0 spiro atoms. The summed E-state index contributed by atoms with van der Waals surface area (Å²) in [5.41, 5.74) is 3.37. The molecule has 2 aromatic rings. The third-order valence-electron chi connectivity index (χ3n) is 10.4. The summed E-state index contributed by atoms with van der Waals surface area (Å²) in [5, 5.41) is 11.1. The Labute approximate surface area is 330 Å². The molecule has 0 bridgehead atoms. The van der Waals surface area contributed by atoms with E-state index in [-0.39, 0.29) is 41.5 Å². The van der Waals surface area contributed by atoms with Gasteiger partial charge in [-0.2, -0.15) is 0 Å². The molecular weight excluding hydrogens is 718 g/mol. The fraction of sp³-hybridized carbons (Fsp3) is 0.561. The summed E-state index contributed by atoms with van der Waals surface area (Å²) in [6, 6.07) is 12.7. The Hall–Kier alpha value is -5.18. The van der Waals surface area contributed by atoms with Gasteiger partial charge in [-0.05, 0) is 86.8 Å². The minimum Gasteiger partial charge on any atom is -0.453 e. The zero-order chi connectivity index (χ0) is 41.1. The van der Waals surface area contributed by atoms with Crippen molar-refractivity contribution in [1.82, 2.24) is 25.3 Å². The van der Waals surface area contributed by atoms with E-state index in [0.717, 1.165) is 11.1 Å². The highest BCUT2D eigenvalue weighted by molar-refractivity contribution is 5.99. The normalized spacial score (nSPS) is 17.9. The van der Waals surface area contributed by atoms with E-state index in [0.29, 0.717) is 63.2 Å². The lowest BCUT2D eigenvalue weighted by Crippen LogP contribution is -2.54. The van der Waals surface area contributed by atoms with E-state index in [2.05, 4.69) is 40.0 Å². The molecule has 306 valence electrons. The Morgan fingerprint density at radius 2 is 0.982 bits per heavy atom. The molecule has 2 fully saturated rings. The second-order valence-electron chi connectivity index (χ2n) is 15.5. The number of alkyl carbamates (subject to hydrolysis) is 2. The summed E-state index contributed by atoms with van der Waals surface area (Å²) in [6.45, 7) is 13.8. The van der Waals surface area contributed by atoms with Crippen LogP contribution >= 0.6 is 0 Å². The van der Waals surface area contributed by atoms with Gasteiger partial charge in [0.05, 0.1) is 14.2 Å². The number of carbonyl (C=O) groups excluding carboxylic acids is 6. The maximum Gasteiger partial charge on any atom is 0.407 e. The molecule has 0 unspecified atom stereocenters. The summed E-state index contributed by atoms with van der Waals surface area (Å²) in [5.74, 6) is -1.52. The number of nitrogens with one attached hydrogen (secondary N) is 4. The van der Waals surface area contributed by atoms with Gasteiger partial charge in [-0.15, -0.1) is 0 Å². The molecule has 15 nitrogen and oxygen atoms in total. The zero-order valence-electron chi connectivity index (χ0n) is 33.9. The van der Waals surface area contributed by atoms with Crippen molar-refractivity contribution in [2.24, 2.45) is 11.8 Å². The van der Waals surface area contributed by atoms with Crippen molar-refractivity contribution in [2.75, 3.05) is 37.9 Å². The van der Waals surface area contributed by atoms with Crippen molar-refractivity contribution < 1.29 is 38.2 Å². The molecule has 4 N–H and O–H groups in total. The van der Waals surface area contributed by atoms with Gasteiger partial charge in [0, 0.05) is 43.6 Å². The van der Waals surface area contributed by atoms with E-state index in [1.165, 1.54) is 14.2 Å². The van der Waals surface area contributed by atoms with Gasteiger partial charge in [0.25, 0.3) is 0 Å². The fourth-order valence-corrected chi connectivity index (χ4v) is 7.09. The number of hydrogen-bond donors (Lipinski definition) is 4. The van der Waals surface area contributed by atoms with Crippen LogP contribution in [0.15, 0.2) is 48.5 Å². The fourth-order valence-electron chi connectivity index (χ4n) is 7.09. The highest BCUT2D eigenvalue weighted by Gasteiger charge is 2.40. The summed E-state index contributed by atoms with van der Waals surface area (Å²) in [6.07, 6.45) is 1.06. The number of rotatable bonds is 15. The molecule has 2 heterocycles. The molecule has 2 aliphatic rings. The standard InChI is InChI=1S/C41H59N7O8/c1-25(2)34(44-40(53)55-7)38(51)47-21-9-11-32(47)36(49)42-30-17-13-28(14-18-30)23-46(27(5)6)24-29-15-19-31(20-16-29)43-37(50)33-12-10-22-48(33)39(52)35(26(3)4)45-41(54)56-8/h13-20,25-27,32-35H,9-12,21-24H2,1-8H3,(H,42,49)(H,43,50)(H,44,53)(H,45,54)/t32-,33-,34-,35-/m0/s1. The summed E-state index contributed by atoms with van der Waals surface area (Å²) < 4.78 is 9.39. The van der Waals surface area contributed by atoms with Crippen LogP contribution in [0.1, 0.15) is 78.4 Å². The van der Waals surface area contributed by atoms with Gasteiger partial charge in [-0.3, -0.25) is 24.1 Å². The van der Waals surface area contributed by atoms with Gasteiger partial charge >= 0.3 is 12.2 Å². The lowest BCUT2D eigenvalue weighted by Gasteiger charge is -2.30. The van der Waals surface area contributed by atoms with Crippen LogP contribution in [-0.2, 0) is 41.7 Å². The Morgan fingerprint density at radius 1 is 0.625 bits per heavy atom. The maximum absolute atomic E-state index is 13.4. The highest BCUT2D eigenvalue weighted by Crippen LogP contribution is 2.25. The number of methoxy groups -OCH3 is 2. The van der Waals surface area contributed by atoms with Gasteiger partial charge < -0.3 is 40.5 Å². The first-order chi connectivity index (χ1) is 26.6. The van der Waals surface area contributed by atoms with E-state index >= 15 is 0 Å². The van der Waals surface area contributed by atoms with Crippen molar-refractivity contribution in [3.05, 3.63) is 59.7 Å². The first kappa shape index (κ1) is 43.5. The molecule has 0 aliphatic carbocycles. The predicted octanol–water partition coefficient (Wildman–Crippen LogP) is 4.72. The van der Waals surface area contributed by atoms with Crippen molar-refractivity contribution in [1.29, 1.82) is 0 Å². The van der Waals surface area contributed by atoms with E-state index in [4.69, 9.17) is 9.47 Å². The van der Waals surface area contributed by atoms with Crippen LogP contribution < -0.4 is 21.3 Å². The van der Waals surface area contributed by atoms with Crippen molar-refractivity contribution in [3.63, 3.8) is 0 Å². The third kappa shape index (κ3) is 11.4. The van der Waals surface area contributed by atoms with E-state index < -0.39 is 36.4 Å². The molecule has 4 rings (SSSR count). The highest BCUT2D eigenvalue weighted by atomic mass is 16.5. The second-order valence-corrected chi connectivity index (χ2v) is 15.5. The van der Waals surface area contributed by atoms with Crippen LogP contribution in [0, 0.1) is 11.8 Å². The zero-order valence-corrected chi connectivity index (χ0v) is 33.9. The minimum absolute atomic E-state index is 0.187. The Balaban J connectivity index is 1.32. The van der Waals surface area contributed by atoms with Gasteiger partial charge in [0.1, 0.15) is 24.2 Å². The number of likely N-dealkylation sites (tertiary alicyclic amines) is 2. The van der Waals surface area contributed by atoms with E-state index in [9.17, 15) is 28.8 Å². The molecule has 2 saturated heterocycles. The molecule has 0 aromatic heterocycles. The smallest absolute Gasteiger partial charge is 0.407 e. The Bertz CT molecular complexity index is 1560. The van der Waals surface area contributed by atoms with Crippen LogP contribution in [0.5, 0.6) is 0 Å². The number of carbonyl (C=O) groups is 6. The Kier molecular flexibility index (Phi) is 15.6. The van der Waals surface area contributed by atoms with E-state index in [1.807, 2.05) is 76.2 Å². The maximum atomic E-state index is 13.4. The van der Waals surface area contributed by atoms with Crippen LogP contribution in [0.4, 0.5) is 21.0 Å². The van der Waals surface area contributed by atoms with Crippen LogP contribution in [-0.4, -0.2) is 108 Å². The average Bonchev–Trinajstić information content (AvgIpc) is 3.87. The van der Waals surface area contributed by atoms with Gasteiger partial charge in [0.2, 0.25) is 23.6 Å². The average molecular weight is 778 g/mol. The molecular formula is C41H59N7O8. The minimum atomic E-state index is -0.799. The monoisotopic (exact) mass is 777 g/mol. The lowest BCUT2D eigenvalue weighted by atomic mass is 10.0. The molecule has 0 radical (unpaired) electrons. The number of amides is 6. The molecule has 6 amide bonds. The van der Waals surface area contributed by atoms with Crippen molar-refractivity contribution in [2.45, 2.75) is 111 Å². The molecule has 56 heavy (non-hydrogen) atoms. The molecule has 0 saturated carbocycles. The number of hydrogen-bond acceptors (Lipinski definition) is 9. The predicted molar refractivity (Wildman–Crippen MR) is 212 cm³/mol. The largest absolute Gasteiger partial charge is 0.453 e. The number of benzene rings is 2. The first-order valence-corrected chi connectivity index (χ1v) is 19.5. The lowest BCUT2D eigenvalue weighted by molar-refractivity contribution is -0.139. The number of anilines is 2. The SMILES string of the molecule is COC(=O)N[C@H](C(=O)N1CCC[C@H]1C(=O)Nc1ccc(CN(Cc2ccc(NC(=O)[C@@H]3CCCN3C(=O)[C@@H](NC(=O)OC)C(C)C)cc2)C(C)C)cc1)C(C)C.